The van der Waals surface area contributed by atoms with E-state index in [1.165, 1.54) is 9.83 Å². The van der Waals surface area contributed by atoms with Crippen LogP contribution in [0.25, 0.3) is 0 Å². The summed E-state index contributed by atoms with van der Waals surface area (Å²) in [7, 11) is 0. The van der Waals surface area contributed by atoms with Gasteiger partial charge in [0.05, 0.1) is 0 Å². The second-order valence-corrected chi connectivity index (χ2v) is 3.14. The van der Waals surface area contributed by atoms with Gasteiger partial charge in [0, 0.05) is 3.57 Å². The number of hydrogen-bond acceptors (Lipinski definition) is 1. The molecule has 0 N–H and O–H groups in total. The van der Waals surface area contributed by atoms with Crippen molar-refractivity contribution in [3.8, 4) is 5.75 Å². The Morgan fingerprint density at radius 1 is 1.36 bits per heavy atom. The Labute approximate surface area is 79.5 Å². The van der Waals surface area contributed by atoms with Crippen LogP contribution in [0.1, 0.15) is 0 Å². The number of rotatable bonds is 2. The maximum absolute atomic E-state index is 5.11. The highest BCUT2D eigenvalue weighted by Gasteiger charge is 1.88. The van der Waals surface area contributed by atoms with Crippen molar-refractivity contribution in [1.82, 2.24) is 0 Å². The largest absolute Gasteiger partial charge is 0.457 e. The molecule has 56 valence electrons. The zero-order valence-corrected chi connectivity index (χ0v) is 8.04. The maximum atomic E-state index is 5.11. The minimum Gasteiger partial charge on any atom is -0.457 e. The summed E-state index contributed by atoms with van der Waals surface area (Å²) in [5.41, 5.74) is 2.53. The number of hydrogen-bond donors (Lipinski definition) is 0. The monoisotopic (exact) mass is 258 g/mol. The molecular weight excluding hydrogens is 251 g/mol. The molecule has 0 heterocycles. The van der Waals surface area contributed by atoms with Crippen LogP contribution < -0.4 is 4.74 Å². The van der Waals surface area contributed by atoms with Gasteiger partial charge < -0.3 is 4.74 Å². The normalized spacial score (nSPS) is 8.45. The molecule has 1 nitrogen and oxygen atoms in total. The lowest BCUT2D eigenvalue weighted by Crippen LogP contribution is -1.79. The molecule has 0 unspecified atom stereocenters. The molecule has 0 fully saturated rings. The second kappa shape index (κ2) is 4.21. The van der Waals surface area contributed by atoms with E-state index in [4.69, 9.17) is 4.74 Å². The van der Waals surface area contributed by atoms with Crippen LogP contribution in [0.4, 0.5) is 0 Å². The van der Waals surface area contributed by atoms with Gasteiger partial charge in [0.2, 0.25) is 0 Å². The first-order valence-corrected chi connectivity index (χ1v) is 4.17. The Morgan fingerprint density at radius 3 is 2.55 bits per heavy atom. The Morgan fingerprint density at radius 2 is 2.00 bits per heavy atom. The van der Waals surface area contributed by atoms with E-state index >= 15 is 0 Å². The second-order valence-electron chi connectivity index (χ2n) is 1.89. The van der Waals surface area contributed by atoms with E-state index in [0.717, 1.165) is 5.75 Å². The van der Waals surface area contributed by atoms with Gasteiger partial charge in [-0.25, -0.2) is 0 Å². The first kappa shape index (κ1) is 8.37. The highest BCUT2D eigenvalue weighted by Crippen LogP contribution is 2.13. The Balaban J connectivity index is 2.73. The van der Waals surface area contributed by atoms with Gasteiger partial charge in [0.25, 0.3) is 0 Å². The summed E-state index contributed by atoms with van der Waals surface area (Å²) in [5.74, 6) is 0.807. The molecule has 0 aliphatic heterocycles. The molecule has 0 saturated heterocycles. The molecule has 0 aromatic heterocycles. The third-order valence-electron chi connectivity index (χ3n) is 1.09. The molecule has 0 aliphatic carbocycles. The average molecular weight is 258 g/mol. The fourth-order valence-corrected chi connectivity index (χ4v) is 0.982. The van der Waals surface area contributed by atoms with Crippen molar-refractivity contribution >= 4 is 22.6 Å². The fraction of sp³-hybridized carbons (Fsp3) is 0. The molecule has 1 aromatic rings. The van der Waals surface area contributed by atoms with Crippen LogP contribution in [-0.4, -0.2) is 0 Å². The third kappa shape index (κ3) is 2.78. The lowest BCUT2D eigenvalue weighted by Gasteiger charge is -1.96. The summed E-state index contributed by atoms with van der Waals surface area (Å²) in [6.45, 7) is 3.39. The first-order valence-electron chi connectivity index (χ1n) is 3.09. The van der Waals surface area contributed by atoms with Gasteiger partial charge in [-0.1, -0.05) is 12.3 Å². The summed E-state index contributed by atoms with van der Waals surface area (Å²) < 4.78 is 6.30. The molecule has 0 spiro atoms. The van der Waals surface area contributed by atoms with Crippen molar-refractivity contribution in [3.63, 3.8) is 0 Å². The van der Waals surface area contributed by atoms with Crippen LogP contribution in [0.3, 0.4) is 0 Å². The molecule has 0 saturated carbocycles. The quantitative estimate of drug-likeness (QED) is 0.450. The molecule has 0 atom stereocenters. The van der Waals surface area contributed by atoms with Crippen LogP contribution in [0.15, 0.2) is 42.8 Å². The van der Waals surface area contributed by atoms with Crippen LogP contribution in [0.5, 0.6) is 5.75 Å². The molecule has 0 aliphatic rings. The molecule has 0 amide bonds. The lowest BCUT2D eigenvalue weighted by molar-refractivity contribution is 0.482. The summed E-state index contributed by atoms with van der Waals surface area (Å²) in [5, 5.41) is 0. The van der Waals surface area contributed by atoms with Gasteiger partial charge in [-0.3, -0.25) is 0 Å². The standard InChI is InChI=1S/C9H7IO/c1-2-7-11-9-5-3-8(10)4-6-9/h3-7H,1H2. The number of ether oxygens (including phenoxy) is 1. The van der Waals surface area contributed by atoms with Gasteiger partial charge in [-0.15, -0.1) is 0 Å². The van der Waals surface area contributed by atoms with Crippen LogP contribution >= 0.6 is 22.6 Å². The minimum atomic E-state index is 0.807. The molecular formula is C9H7IO. The van der Waals surface area contributed by atoms with Crippen molar-refractivity contribution in [2.24, 2.45) is 0 Å². The van der Waals surface area contributed by atoms with Gasteiger partial charge in [0.1, 0.15) is 12.0 Å². The smallest absolute Gasteiger partial charge is 0.133 e. The lowest BCUT2D eigenvalue weighted by atomic mass is 10.3. The van der Waals surface area contributed by atoms with E-state index in [-0.39, 0.29) is 0 Å². The van der Waals surface area contributed by atoms with E-state index in [0.29, 0.717) is 0 Å². The van der Waals surface area contributed by atoms with Crippen molar-refractivity contribution < 1.29 is 4.74 Å². The van der Waals surface area contributed by atoms with E-state index in [2.05, 4.69) is 34.9 Å². The minimum absolute atomic E-state index is 0.807. The summed E-state index contributed by atoms with van der Waals surface area (Å²) in [4.78, 5) is 0. The molecule has 0 radical (unpaired) electrons. The van der Waals surface area contributed by atoms with Crippen LogP contribution in [0.2, 0.25) is 0 Å². The highest BCUT2D eigenvalue weighted by atomic mass is 127. The third-order valence-corrected chi connectivity index (χ3v) is 1.81. The Bertz CT molecular complexity index is 270. The van der Waals surface area contributed by atoms with E-state index < -0.39 is 0 Å². The number of halogens is 1. The van der Waals surface area contributed by atoms with E-state index in [9.17, 15) is 0 Å². The van der Waals surface area contributed by atoms with Crippen molar-refractivity contribution in [2.75, 3.05) is 0 Å². The molecule has 2 heteroatoms. The summed E-state index contributed by atoms with van der Waals surface area (Å²) in [6.07, 6.45) is 1.43. The van der Waals surface area contributed by atoms with E-state index in [1.807, 2.05) is 24.3 Å². The van der Waals surface area contributed by atoms with Crippen molar-refractivity contribution in [3.05, 3.63) is 46.4 Å². The predicted octanol–water partition coefficient (Wildman–Crippen LogP) is 2.97. The average Bonchev–Trinajstić information content (AvgIpc) is 2.04. The van der Waals surface area contributed by atoms with Crippen LogP contribution in [-0.2, 0) is 0 Å². The number of benzene rings is 1. The summed E-state index contributed by atoms with van der Waals surface area (Å²) in [6, 6.07) is 7.75. The zero-order valence-electron chi connectivity index (χ0n) is 5.88. The first-order chi connectivity index (χ1) is 5.33. The zero-order chi connectivity index (χ0) is 8.10. The predicted molar refractivity (Wildman–Crippen MR) is 53.5 cm³/mol. The van der Waals surface area contributed by atoms with Crippen LogP contribution in [0, 0.1) is 3.57 Å². The maximum Gasteiger partial charge on any atom is 0.133 e. The molecule has 1 rings (SSSR count). The SMILES string of the molecule is C=C=COc1ccc(I)cc1. The van der Waals surface area contributed by atoms with Gasteiger partial charge >= 0.3 is 0 Å². The molecule has 1 aromatic carbocycles. The fourth-order valence-electron chi connectivity index (χ4n) is 0.623. The topological polar surface area (TPSA) is 9.23 Å². The summed E-state index contributed by atoms with van der Waals surface area (Å²) >= 11 is 2.24. The Hall–Kier alpha value is -0.730. The molecule has 11 heavy (non-hydrogen) atoms. The van der Waals surface area contributed by atoms with Gasteiger partial charge in [-0.05, 0) is 46.9 Å². The van der Waals surface area contributed by atoms with Crippen molar-refractivity contribution in [2.45, 2.75) is 0 Å². The van der Waals surface area contributed by atoms with E-state index in [1.54, 1.807) is 0 Å². The Kier molecular flexibility index (Phi) is 3.20. The van der Waals surface area contributed by atoms with Gasteiger partial charge in [-0.2, -0.15) is 0 Å². The van der Waals surface area contributed by atoms with Crippen molar-refractivity contribution in [1.29, 1.82) is 0 Å². The molecule has 0 bridgehead atoms. The highest BCUT2D eigenvalue weighted by molar-refractivity contribution is 14.1. The van der Waals surface area contributed by atoms with Gasteiger partial charge in [0.15, 0.2) is 0 Å².